The van der Waals surface area contributed by atoms with E-state index in [1.807, 2.05) is 34.8 Å². The number of rotatable bonds is 3. The third-order valence-electron chi connectivity index (χ3n) is 8.07. The Hall–Kier alpha value is -3.19. The molecule has 2 aliphatic heterocycles. The number of aromatic nitrogens is 2. The lowest BCUT2D eigenvalue weighted by atomic mass is 9.89. The summed E-state index contributed by atoms with van der Waals surface area (Å²) in [5, 5.41) is 4.72. The Morgan fingerprint density at radius 2 is 1.69 bits per heavy atom. The minimum Gasteiger partial charge on any atom is -0.367 e. The van der Waals surface area contributed by atoms with Crippen LogP contribution < -0.4 is 4.90 Å². The number of para-hydroxylation sites is 1. The van der Waals surface area contributed by atoms with Crippen molar-refractivity contribution < 1.29 is 9.18 Å². The lowest BCUT2D eigenvalue weighted by molar-refractivity contribution is 0.0726. The van der Waals surface area contributed by atoms with Crippen LogP contribution in [0.25, 0.3) is 0 Å². The van der Waals surface area contributed by atoms with Crippen molar-refractivity contribution in [3.05, 3.63) is 82.4 Å². The van der Waals surface area contributed by atoms with Crippen LogP contribution in [0.15, 0.2) is 48.5 Å². The molecule has 7 heteroatoms. The Kier molecular flexibility index (Phi) is 5.80. The number of carbonyl (C=O) groups is 1. The van der Waals surface area contributed by atoms with E-state index in [1.54, 1.807) is 6.07 Å². The van der Waals surface area contributed by atoms with Gasteiger partial charge in [-0.25, -0.2) is 4.39 Å². The molecule has 0 radical (unpaired) electrons. The number of amides is 1. The molecule has 1 amide bonds. The average Bonchev–Trinajstić information content (AvgIpc) is 3.24. The molecule has 6 nitrogen and oxygen atoms in total. The van der Waals surface area contributed by atoms with Gasteiger partial charge < -0.3 is 9.80 Å². The first kappa shape index (κ1) is 22.3. The number of hydrogen-bond donors (Lipinski definition) is 0. The maximum absolute atomic E-state index is 14.2. The highest BCUT2D eigenvalue weighted by molar-refractivity contribution is 5.94. The van der Waals surface area contributed by atoms with Crippen molar-refractivity contribution in [1.82, 2.24) is 19.6 Å². The van der Waals surface area contributed by atoms with Gasteiger partial charge in [0.2, 0.25) is 0 Å². The molecule has 1 aromatic heterocycles. The molecule has 3 heterocycles. The molecule has 1 aliphatic carbocycles. The van der Waals surface area contributed by atoms with Crippen LogP contribution >= 0.6 is 0 Å². The summed E-state index contributed by atoms with van der Waals surface area (Å²) in [7, 11) is 1.97. The summed E-state index contributed by atoms with van der Waals surface area (Å²) in [6.07, 6.45) is 3.75. The van der Waals surface area contributed by atoms with Crippen molar-refractivity contribution in [1.29, 1.82) is 0 Å². The lowest BCUT2D eigenvalue weighted by Crippen LogP contribution is -2.52. The van der Waals surface area contributed by atoms with Crippen LogP contribution in [0.2, 0.25) is 0 Å². The van der Waals surface area contributed by atoms with Crippen molar-refractivity contribution in [3.63, 3.8) is 0 Å². The molecule has 1 atom stereocenters. The van der Waals surface area contributed by atoms with Gasteiger partial charge in [-0.2, -0.15) is 5.10 Å². The van der Waals surface area contributed by atoms with E-state index in [0.29, 0.717) is 24.0 Å². The standard InChI is InChI=1S/C28H32FN5O/c1-31-25-11-10-22(32-14-16-33(17-15-32)26-9-5-4-8-24(26)29)18-23(25)27(30-31)28(35)34-13-12-20-6-2-3-7-21(20)19-34/h2-9,22H,10-19H2,1H3. The zero-order valence-electron chi connectivity index (χ0n) is 20.3. The summed E-state index contributed by atoms with van der Waals surface area (Å²) in [6.45, 7) is 4.83. The normalized spacial score (nSPS) is 20.5. The summed E-state index contributed by atoms with van der Waals surface area (Å²) < 4.78 is 16.2. The molecule has 182 valence electrons. The molecule has 0 N–H and O–H groups in total. The topological polar surface area (TPSA) is 44.6 Å². The fourth-order valence-electron chi connectivity index (χ4n) is 6.11. The van der Waals surface area contributed by atoms with Gasteiger partial charge >= 0.3 is 0 Å². The average molecular weight is 474 g/mol. The molecular weight excluding hydrogens is 441 g/mol. The van der Waals surface area contributed by atoms with Gasteiger partial charge in [0.1, 0.15) is 5.82 Å². The number of nitrogens with zero attached hydrogens (tertiary/aromatic N) is 5. The van der Waals surface area contributed by atoms with Crippen LogP contribution in [-0.2, 0) is 32.9 Å². The van der Waals surface area contributed by atoms with Crippen molar-refractivity contribution in [2.45, 2.75) is 38.3 Å². The number of piperazine rings is 1. The van der Waals surface area contributed by atoms with Gasteiger partial charge in [0.25, 0.3) is 5.91 Å². The van der Waals surface area contributed by atoms with E-state index in [0.717, 1.165) is 64.0 Å². The van der Waals surface area contributed by atoms with Crippen molar-refractivity contribution in [2.75, 3.05) is 37.6 Å². The second-order valence-corrected chi connectivity index (χ2v) is 10.0. The summed E-state index contributed by atoms with van der Waals surface area (Å²) >= 11 is 0. The van der Waals surface area contributed by atoms with Gasteiger partial charge in [0, 0.05) is 63.6 Å². The van der Waals surface area contributed by atoms with Crippen molar-refractivity contribution >= 4 is 11.6 Å². The molecule has 2 aromatic carbocycles. The monoisotopic (exact) mass is 473 g/mol. The zero-order chi connectivity index (χ0) is 23.9. The van der Waals surface area contributed by atoms with Gasteiger partial charge in [0.05, 0.1) is 5.69 Å². The third kappa shape index (κ3) is 4.12. The molecule has 6 rings (SSSR count). The van der Waals surface area contributed by atoms with E-state index in [1.165, 1.54) is 22.9 Å². The van der Waals surface area contributed by atoms with Crippen LogP contribution in [0.5, 0.6) is 0 Å². The second kappa shape index (κ2) is 9.11. The van der Waals surface area contributed by atoms with E-state index in [-0.39, 0.29) is 11.7 Å². The minimum absolute atomic E-state index is 0.0568. The SMILES string of the molecule is Cn1nc(C(=O)N2CCc3ccccc3C2)c2c1CCC(N1CCN(c3ccccc3F)CC1)C2. The predicted molar refractivity (Wildman–Crippen MR) is 134 cm³/mol. The van der Waals surface area contributed by atoms with Gasteiger partial charge in [-0.3, -0.25) is 14.4 Å². The molecule has 1 saturated heterocycles. The Morgan fingerprint density at radius 1 is 0.943 bits per heavy atom. The molecule has 3 aliphatic rings. The van der Waals surface area contributed by atoms with E-state index in [4.69, 9.17) is 5.10 Å². The van der Waals surface area contributed by atoms with E-state index in [9.17, 15) is 9.18 Å². The Bertz CT molecular complexity index is 1250. The van der Waals surface area contributed by atoms with Crippen LogP contribution in [0, 0.1) is 5.82 Å². The van der Waals surface area contributed by atoms with Crippen molar-refractivity contribution in [2.24, 2.45) is 7.05 Å². The van der Waals surface area contributed by atoms with Gasteiger partial charge in [-0.1, -0.05) is 36.4 Å². The smallest absolute Gasteiger partial charge is 0.274 e. The molecule has 1 fully saturated rings. The quantitative estimate of drug-likeness (QED) is 0.585. The molecule has 35 heavy (non-hydrogen) atoms. The van der Waals surface area contributed by atoms with Gasteiger partial charge in [-0.05, 0) is 48.9 Å². The second-order valence-electron chi connectivity index (χ2n) is 10.0. The molecular formula is C28H32FN5O. The molecule has 0 saturated carbocycles. The van der Waals surface area contributed by atoms with Crippen LogP contribution in [0.1, 0.15) is 39.3 Å². The highest BCUT2D eigenvalue weighted by atomic mass is 19.1. The summed E-state index contributed by atoms with van der Waals surface area (Å²) in [5.74, 6) is -0.0940. The van der Waals surface area contributed by atoms with Gasteiger partial charge in [-0.15, -0.1) is 0 Å². The number of benzene rings is 2. The fourth-order valence-corrected chi connectivity index (χ4v) is 6.11. The Morgan fingerprint density at radius 3 is 2.49 bits per heavy atom. The lowest BCUT2D eigenvalue weighted by Gasteiger charge is -2.41. The summed E-state index contributed by atoms with van der Waals surface area (Å²) in [4.78, 5) is 20.2. The minimum atomic E-state index is -0.151. The predicted octanol–water partition coefficient (Wildman–Crippen LogP) is 3.44. The third-order valence-corrected chi connectivity index (χ3v) is 8.07. The van der Waals surface area contributed by atoms with E-state index >= 15 is 0 Å². The first-order valence-corrected chi connectivity index (χ1v) is 12.7. The number of aryl methyl sites for hydroxylation is 1. The Balaban J connectivity index is 1.16. The number of hydrogen-bond acceptors (Lipinski definition) is 4. The van der Waals surface area contributed by atoms with E-state index < -0.39 is 0 Å². The van der Waals surface area contributed by atoms with Crippen molar-refractivity contribution in [3.8, 4) is 0 Å². The number of carbonyl (C=O) groups excluding carboxylic acids is 1. The maximum Gasteiger partial charge on any atom is 0.274 e. The van der Waals surface area contributed by atoms with Crippen LogP contribution in [0.3, 0.4) is 0 Å². The van der Waals surface area contributed by atoms with E-state index in [2.05, 4.69) is 28.0 Å². The first-order chi connectivity index (χ1) is 17.1. The fraction of sp³-hybridized carbons (Fsp3) is 0.429. The maximum atomic E-state index is 14.2. The number of halogens is 1. The summed E-state index contributed by atoms with van der Waals surface area (Å²) in [6, 6.07) is 15.8. The highest BCUT2D eigenvalue weighted by Gasteiger charge is 2.34. The molecule has 3 aromatic rings. The molecule has 0 spiro atoms. The Labute approximate surface area is 205 Å². The highest BCUT2D eigenvalue weighted by Crippen LogP contribution is 2.30. The van der Waals surface area contributed by atoms with Crippen LogP contribution in [0.4, 0.5) is 10.1 Å². The van der Waals surface area contributed by atoms with Crippen LogP contribution in [-0.4, -0.2) is 64.3 Å². The molecule has 1 unspecified atom stereocenters. The number of fused-ring (bicyclic) bond motifs is 2. The summed E-state index contributed by atoms with van der Waals surface area (Å²) in [5.41, 5.74) is 6.24. The zero-order valence-corrected chi connectivity index (χ0v) is 20.3. The first-order valence-electron chi connectivity index (χ1n) is 12.7. The van der Waals surface area contributed by atoms with Gasteiger partial charge in [0.15, 0.2) is 5.69 Å². The molecule has 0 bridgehead atoms. The largest absolute Gasteiger partial charge is 0.367 e. The number of anilines is 1.